The highest BCUT2D eigenvalue weighted by Gasteiger charge is 2.00. The summed E-state index contributed by atoms with van der Waals surface area (Å²) in [5, 5.41) is 11.4. The Balaban J connectivity index is 1.85. The maximum atomic E-state index is 4.10. The molecule has 0 aliphatic rings. The van der Waals surface area contributed by atoms with Crippen molar-refractivity contribution in [2.45, 2.75) is 26.4 Å². The molecule has 2 aromatic rings. The molecule has 0 aliphatic carbocycles. The first-order valence-corrected chi connectivity index (χ1v) is 5.87. The zero-order chi connectivity index (χ0) is 11.9. The maximum absolute atomic E-state index is 4.10. The molecule has 0 saturated heterocycles. The summed E-state index contributed by atoms with van der Waals surface area (Å²) in [6.45, 7) is 4.64. The SMILES string of the molecule is CCNCc1cn(CCc2cccnc2)nn1. The maximum Gasteiger partial charge on any atom is 0.0964 e. The standard InChI is InChI=1S/C12H17N5/c1-2-13-9-12-10-17(16-15-12)7-5-11-4-3-6-14-8-11/h3-4,6,8,10,13H,2,5,7,9H2,1H3. The van der Waals surface area contributed by atoms with Gasteiger partial charge in [0.2, 0.25) is 0 Å². The van der Waals surface area contributed by atoms with Crippen molar-refractivity contribution in [2.75, 3.05) is 6.54 Å². The average molecular weight is 231 g/mol. The number of nitrogens with zero attached hydrogens (tertiary/aromatic N) is 4. The Hall–Kier alpha value is -1.75. The third-order valence-corrected chi connectivity index (χ3v) is 2.49. The molecule has 5 heteroatoms. The van der Waals surface area contributed by atoms with Crippen LogP contribution in [0, 0.1) is 0 Å². The van der Waals surface area contributed by atoms with E-state index in [-0.39, 0.29) is 0 Å². The van der Waals surface area contributed by atoms with Gasteiger partial charge in [0.15, 0.2) is 0 Å². The fourth-order valence-corrected chi connectivity index (χ4v) is 1.57. The Bertz CT molecular complexity index is 437. The van der Waals surface area contributed by atoms with Gasteiger partial charge in [0.25, 0.3) is 0 Å². The molecule has 2 rings (SSSR count). The second-order valence-corrected chi connectivity index (χ2v) is 3.86. The van der Waals surface area contributed by atoms with E-state index in [1.807, 2.05) is 23.1 Å². The summed E-state index contributed by atoms with van der Waals surface area (Å²) in [4.78, 5) is 4.09. The molecule has 0 amide bonds. The third-order valence-electron chi connectivity index (χ3n) is 2.49. The normalized spacial score (nSPS) is 10.6. The lowest BCUT2D eigenvalue weighted by Crippen LogP contribution is -2.11. The van der Waals surface area contributed by atoms with Crippen LogP contribution in [0.4, 0.5) is 0 Å². The zero-order valence-corrected chi connectivity index (χ0v) is 10.0. The summed E-state index contributed by atoms with van der Waals surface area (Å²) < 4.78 is 1.87. The topological polar surface area (TPSA) is 55.6 Å². The molecule has 90 valence electrons. The first kappa shape index (κ1) is 11.7. The van der Waals surface area contributed by atoms with Crippen molar-refractivity contribution in [3.63, 3.8) is 0 Å². The van der Waals surface area contributed by atoms with Crippen LogP contribution >= 0.6 is 0 Å². The lowest BCUT2D eigenvalue weighted by atomic mass is 10.2. The van der Waals surface area contributed by atoms with Crippen LogP contribution in [0.3, 0.4) is 0 Å². The molecule has 0 aromatic carbocycles. The average Bonchev–Trinajstić information content (AvgIpc) is 2.83. The largest absolute Gasteiger partial charge is 0.311 e. The van der Waals surface area contributed by atoms with E-state index in [4.69, 9.17) is 0 Å². The monoisotopic (exact) mass is 231 g/mol. The Morgan fingerprint density at radius 1 is 1.41 bits per heavy atom. The highest BCUT2D eigenvalue weighted by Crippen LogP contribution is 2.00. The van der Waals surface area contributed by atoms with Gasteiger partial charge in [-0.05, 0) is 24.6 Å². The molecule has 0 bridgehead atoms. The van der Waals surface area contributed by atoms with Gasteiger partial charge in [-0.2, -0.15) is 0 Å². The Morgan fingerprint density at radius 2 is 2.35 bits per heavy atom. The first-order chi connectivity index (χ1) is 8.38. The van der Waals surface area contributed by atoms with Crippen LogP contribution in [0.5, 0.6) is 0 Å². The van der Waals surface area contributed by atoms with Gasteiger partial charge in [0.05, 0.1) is 5.69 Å². The molecule has 0 radical (unpaired) electrons. The smallest absolute Gasteiger partial charge is 0.0964 e. The molecule has 0 aliphatic heterocycles. The van der Waals surface area contributed by atoms with Gasteiger partial charge in [-0.3, -0.25) is 9.67 Å². The molecule has 0 spiro atoms. The fourth-order valence-electron chi connectivity index (χ4n) is 1.57. The second-order valence-electron chi connectivity index (χ2n) is 3.86. The number of rotatable bonds is 6. The van der Waals surface area contributed by atoms with E-state index in [1.54, 1.807) is 6.20 Å². The van der Waals surface area contributed by atoms with Crippen LogP contribution in [-0.2, 0) is 19.5 Å². The van der Waals surface area contributed by atoms with Crippen LogP contribution in [0.25, 0.3) is 0 Å². The molecular formula is C12H17N5. The molecule has 5 nitrogen and oxygen atoms in total. The van der Waals surface area contributed by atoms with E-state index in [1.165, 1.54) is 5.56 Å². The van der Waals surface area contributed by atoms with Crippen molar-refractivity contribution in [1.82, 2.24) is 25.3 Å². The second kappa shape index (κ2) is 6.10. The molecule has 1 N–H and O–H groups in total. The van der Waals surface area contributed by atoms with E-state index in [2.05, 4.69) is 33.6 Å². The van der Waals surface area contributed by atoms with Crippen molar-refractivity contribution < 1.29 is 0 Å². The van der Waals surface area contributed by atoms with E-state index in [0.29, 0.717) is 0 Å². The summed E-state index contributed by atoms with van der Waals surface area (Å²) in [6, 6.07) is 4.02. The third kappa shape index (κ3) is 3.64. The molecule has 0 unspecified atom stereocenters. The Labute approximate surface area is 101 Å². The fraction of sp³-hybridized carbons (Fsp3) is 0.417. The van der Waals surface area contributed by atoms with Crippen LogP contribution in [0.2, 0.25) is 0 Å². The highest BCUT2D eigenvalue weighted by atomic mass is 15.4. The molecule has 17 heavy (non-hydrogen) atoms. The number of hydrogen-bond donors (Lipinski definition) is 1. The van der Waals surface area contributed by atoms with Gasteiger partial charge < -0.3 is 5.32 Å². The minimum atomic E-state index is 0.781. The van der Waals surface area contributed by atoms with Crippen LogP contribution < -0.4 is 5.32 Å². The number of nitrogens with one attached hydrogen (secondary N) is 1. The molecule has 0 fully saturated rings. The lowest BCUT2D eigenvalue weighted by Gasteiger charge is -2.00. The Kier molecular flexibility index (Phi) is 4.21. The molecule has 2 heterocycles. The summed E-state index contributed by atoms with van der Waals surface area (Å²) in [5.74, 6) is 0. The van der Waals surface area contributed by atoms with Gasteiger partial charge in [-0.1, -0.05) is 18.2 Å². The first-order valence-electron chi connectivity index (χ1n) is 5.87. The number of pyridine rings is 1. The zero-order valence-electron chi connectivity index (χ0n) is 10.0. The molecule has 2 aromatic heterocycles. The predicted molar refractivity (Wildman–Crippen MR) is 65.3 cm³/mol. The number of aryl methyl sites for hydroxylation is 2. The van der Waals surface area contributed by atoms with E-state index < -0.39 is 0 Å². The van der Waals surface area contributed by atoms with Crippen molar-refractivity contribution in [3.8, 4) is 0 Å². The minimum Gasteiger partial charge on any atom is -0.311 e. The van der Waals surface area contributed by atoms with Crippen molar-refractivity contribution in [1.29, 1.82) is 0 Å². The van der Waals surface area contributed by atoms with Crippen LogP contribution in [0.1, 0.15) is 18.2 Å². The molecular weight excluding hydrogens is 214 g/mol. The summed E-state index contributed by atoms with van der Waals surface area (Å²) in [6.07, 6.45) is 6.58. The predicted octanol–water partition coefficient (Wildman–Crippen LogP) is 1.03. The van der Waals surface area contributed by atoms with E-state index in [9.17, 15) is 0 Å². The quantitative estimate of drug-likeness (QED) is 0.806. The summed E-state index contributed by atoms with van der Waals surface area (Å²) in [7, 11) is 0. The minimum absolute atomic E-state index is 0.781. The van der Waals surface area contributed by atoms with Crippen LogP contribution in [-0.4, -0.2) is 26.5 Å². The summed E-state index contributed by atoms with van der Waals surface area (Å²) >= 11 is 0. The lowest BCUT2D eigenvalue weighted by molar-refractivity contribution is 0.588. The molecule has 0 saturated carbocycles. The van der Waals surface area contributed by atoms with Gasteiger partial charge in [-0.15, -0.1) is 5.10 Å². The van der Waals surface area contributed by atoms with Crippen molar-refractivity contribution in [2.24, 2.45) is 0 Å². The van der Waals surface area contributed by atoms with Gasteiger partial charge in [0, 0.05) is 31.7 Å². The van der Waals surface area contributed by atoms with Crippen molar-refractivity contribution >= 4 is 0 Å². The number of hydrogen-bond acceptors (Lipinski definition) is 4. The molecule has 0 atom stereocenters. The summed E-state index contributed by atoms with van der Waals surface area (Å²) in [5.41, 5.74) is 2.20. The van der Waals surface area contributed by atoms with Crippen LogP contribution in [0.15, 0.2) is 30.7 Å². The van der Waals surface area contributed by atoms with E-state index in [0.717, 1.165) is 31.7 Å². The van der Waals surface area contributed by atoms with Crippen molar-refractivity contribution in [3.05, 3.63) is 42.0 Å². The van der Waals surface area contributed by atoms with Gasteiger partial charge in [-0.25, -0.2) is 0 Å². The van der Waals surface area contributed by atoms with Gasteiger partial charge in [0.1, 0.15) is 0 Å². The highest BCUT2D eigenvalue weighted by molar-refractivity contribution is 5.08. The Morgan fingerprint density at radius 3 is 3.12 bits per heavy atom. The van der Waals surface area contributed by atoms with E-state index >= 15 is 0 Å². The van der Waals surface area contributed by atoms with Gasteiger partial charge >= 0.3 is 0 Å². The number of aromatic nitrogens is 4.